The molecule has 2 unspecified atom stereocenters. The lowest BCUT2D eigenvalue weighted by molar-refractivity contribution is -0.192. The summed E-state index contributed by atoms with van der Waals surface area (Å²) in [6.07, 6.45) is 19.6. The number of ether oxygens (including phenoxy) is 2. The van der Waals surface area contributed by atoms with Crippen LogP contribution in [0.15, 0.2) is 48.1 Å². The monoisotopic (exact) mass is 450 g/mol. The van der Waals surface area contributed by atoms with Gasteiger partial charge in [-0.3, -0.25) is 0 Å². The zero-order valence-electron chi connectivity index (χ0n) is 20.6. The Morgan fingerprint density at radius 1 is 1.21 bits per heavy atom. The number of hydrogen-bond acceptors (Lipinski definition) is 3. The molecule has 0 N–H and O–H groups in total. The van der Waals surface area contributed by atoms with Crippen molar-refractivity contribution in [2.24, 2.45) is 17.8 Å². The van der Waals surface area contributed by atoms with Crippen LogP contribution in [-0.2, 0) is 20.7 Å². The van der Waals surface area contributed by atoms with Gasteiger partial charge >= 0.3 is 0 Å². The van der Waals surface area contributed by atoms with E-state index in [1.54, 1.807) is 12.5 Å². The van der Waals surface area contributed by atoms with Crippen LogP contribution in [0.4, 0.5) is 0 Å². The summed E-state index contributed by atoms with van der Waals surface area (Å²) >= 11 is 0. The minimum Gasteiger partial charge on any atom is -0.353 e. The molecule has 0 bridgehead atoms. The Balaban J connectivity index is 1.35. The molecule has 3 nitrogen and oxygen atoms in total. The minimum absolute atomic E-state index is 0.0131. The fraction of sp³-hybridized carbons (Fsp3) is 0.633. The molecule has 180 valence electrons. The lowest BCUT2D eigenvalue weighted by Crippen LogP contribution is -2.30. The quantitative estimate of drug-likeness (QED) is 0.266. The van der Waals surface area contributed by atoms with Crippen molar-refractivity contribution < 1.29 is 14.3 Å². The van der Waals surface area contributed by atoms with E-state index in [1.165, 1.54) is 24.0 Å². The first kappa shape index (κ1) is 24.4. The molecule has 1 saturated heterocycles. The molecule has 5 atom stereocenters. The number of carbonyl (C=O) groups excluding carboxylic acids is 1. The Kier molecular flexibility index (Phi) is 8.97. The normalized spacial score (nSPS) is 29.4. The molecule has 1 aromatic carbocycles. The largest absolute Gasteiger partial charge is 0.353 e. The first-order chi connectivity index (χ1) is 16.1. The molecule has 0 aromatic heterocycles. The first-order valence-electron chi connectivity index (χ1n) is 13.3. The highest BCUT2D eigenvalue weighted by atomic mass is 16.7. The standard InChI is InChI=1S/C30H42O3/c1-22-10-9-14-24(18-22)12-5-6-15-27-28-20-25(13-4-3-11-23(2)31)19-26(28)21-29(27)33-30-16-7-8-17-32-30/h6,9-10,14-15,18-19,26-30H,3-5,7-8,11-13,16-17,20-21H2,1-2H3/b15-6+/t26?,27-,28+,29-,30?/m1/s1. The molecule has 3 heteroatoms. The van der Waals surface area contributed by atoms with Crippen LogP contribution in [0.1, 0.15) is 82.3 Å². The molecule has 1 aliphatic heterocycles. The van der Waals surface area contributed by atoms with Crippen molar-refractivity contribution in [1.82, 2.24) is 0 Å². The molecule has 2 aliphatic carbocycles. The fourth-order valence-electron chi connectivity index (χ4n) is 6.02. The van der Waals surface area contributed by atoms with Crippen LogP contribution < -0.4 is 0 Å². The van der Waals surface area contributed by atoms with Crippen LogP contribution in [0, 0.1) is 24.7 Å². The summed E-state index contributed by atoms with van der Waals surface area (Å²) in [5.41, 5.74) is 4.37. The van der Waals surface area contributed by atoms with Crippen molar-refractivity contribution in [3.8, 4) is 0 Å². The van der Waals surface area contributed by atoms with Crippen molar-refractivity contribution in [3.63, 3.8) is 0 Å². The van der Waals surface area contributed by atoms with Crippen molar-refractivity contribution in [2.45, 2.75) is 96.9 Å². The number of rotatable bonds is 11. The number of carbonyl (C=O) groups is 1. The van der Waals surface area contributed by atoms with Gasteiger partial charge in [-0.05, 0) is 95.5 Å². The molecule has 2 fully saturated rings. The zero-order chi connectivity index (χ0) is 23.0. The van der Waals surface area contributed by atoms with Crippen LogP contribution in [0.3, 0.4) is 0 Å². The lowest BCUT2D eigenvalue weighted by Gasteiger charge is -2.29. The molecule has 33 heavy (non-hydrogen) atoms. The highest BCUT2D eigenvalue weighted by Gasteiger charge is 2.45. The molecule has 0 radical (unpaired) electrons. The van der Waals surface area contributed by atoms with Gasteiger partial charge in [0.2, 0.25) is 0 Å². The number of unbranched alkanes of at least 4 members (excludes halogenated alkanes) is 1. The Bertz CT molecular complexity index is 833. The topological polar surface area (TPSA) is 35.5 Å². The van der Waals surface area contributed by atoms with E-state index in [4.69, 9.17) is 9.47 Å². The molecule has 1 saturated carbocycles. The van der Waals surface area contributed by atoms with Crippen LogP contribution >= 0.6 is 0 Å². The molecular formula is C30H42O3. The second-order valence-electron chi connectivity index (χ2n) is 10.5. The summed E-state index contributed by atoms with van der Waals surface area (Å²) in [6.45, 7) is 4.70. The summed E-state index contributed by atoms with van der Waals surface area (Å²) in [5.74, 6) is 2.08. The molecule has 1 heterocycles. The average Bonchev–Trinajstić information content (AvgIpc) is 3.32. The van der Waals surface area contributed by atoms with Gasteiger partial charge in [-0.25, -0.2) is 0 Å². The first-order valence-corrected chi connectivity index (χ1v) is 13.3. The van der Waals surface area contributed by atoms with Gasteiger partial charge in [0.1, 0.15) is 5.78 Å². The summed E-state index contributed by atoms with van der Waals surface area (Å²) in [5, 5.41) is 0. The van der Waals surface area contributed by atoms with Crippen LogP contribution in [0.5, 0.6) is 0 Å². The van der Waals surface area contributed by atoms with Crippen molar-refractivity contribution >= 4 is 5.78 Å². The fourth-order valence-corrected chi connectivity index (χ4v) is 6.02. The molecule has 0 amide bonds. The maximum atomic E-state index is 11.2. The van der Waals surface area contributed by atoms with Crippen molar-refractivity contribution in [3.05, 3.63) is 59.2 Å². The third-order valence-corrected chi connectivity index (χ3v) is 7.71. The summed E-state index contributed by atoms with van der Waals surface area (Å²) in [6, 6.07) is 8.85. The van der Waals surface area contributed by atoms with Crippen molar-refractivity contribution in [1.29, 1.82) is 0 Å². The SMILES string of the molecule is CC(=O)CCCCC1=CC2C[C@@H](OC3CCCCO3)[C@H](/C=C/CCc3cccc(C)c3)[C@H]2C1. The van der Waals surface area contributed by atoms with Gasteiger partial charge in [-0.1, -0.05) is 53.6 Å². The van der Waals surface area contributed by atoms with Gasteiger partial charge in [0, 0.05) is 18.9 Å². The minimum atomic E-state index is -0.0131. The predicted molar refractivity (Wildman–Crippen MR) is 134 cm³/mol. The molecular weight excluding hydrogens is 408 g/mol. The van der Waals surface area contributed by atoms with Crippen molar-refractivity contribution in [2.75, 3.05) is 6.61 Å². The summed E-state index contributed by atoms with van der Waals surface area (Å²) in [7, 11) is 0. The van der Waals surface area contributed by atoms with E-state index in [2.05, 4.69) is 49.4 Å². The van der Waals surface area contributed by atoms with E-state index in [1.807, 2.05) is 0 Å². The van der Waals surface area contributed by atoms with Gasteiger partial charge in [-0.2, -0.15) is 0 Å². The highest BCUT2D eigenvalue weighted by Crippen LogP contribution is 2.49. The van der Waals surface area contributed by atoms with Gasteiger partial charge in [0.05, 0.1) is 6.10 Å². The maximum Gasteiger partial charge on any atom is 0.157 e. The van der Waals surface area contributed by atoms with Crippen LogP contribution in [0.2, 0.25) is 0 Å². The summed E-state index contributed by atoms with van der Waals surface area (Å²) in [4.78, 5) is 11.2. The molecule has 4 rings (SSSR count). The maximum absolute atomic E-state index is 11.2. The Labute approximate surface area is 200 Å². The second kappa shape index (κ2) is 12.1. The van der Waals surface area contributed by atoms with E-state index in [0.717, 1.165) is 64.4 Å². The number of benzene rings is 1. The average molecular weight is 451 g/mol. The van der Waals surface area contributed by atoms with Gasteiger partial charge < -0.3 is 14.3 Å². The van der Waals surface area contributed by atoms with E-state index in [9.17, 15) is 4.79 Å². The zero-order valence-corrected chi connectivity index (χ0v) is 20.6. The predicted octanol–water partition coefficient (Wildman–Crippen LogP) is 7.13. The Morgan fingerprint density at radius 2 is 2.12 bits per heavy atom. The lowest BCUT2D eigenvalue weighted by atomic mass is 9.88. The molecule has 0 spiro atoms. The number of ketones is 1. The second-order valence-corrected chi connectivity index (χ2v) is 10.5. The number of Topliss-reactive ketones (excluding diaryl/α,β-unsaturated/α-hetero) is 1. The van der Waals surface area contributed by atoms with Crippen LogP contribution in [0.25, 0.3) is 0 Å². The van der Waals surface area contributed by atoms with Gasteiger partial charge in [0.15, 0.2) is 6.29 Å². The number of hydrogen-bond donors (Lipinski definition) is 0. The highest BCUT2D eigenvalue weighted by molar-refractivity contribution is 5.75. The third kappa shape index (κ3) is 7.13. The van der Waals surface area contributed by atoms with E-state index >= 15 is 0 Å². The summed E-state index contributed by atoms with van der Waals surface area (Å²) < 4.78 is 12.5. The van der Waals surface area contributed by atoms with E-state index in [-0.39, 0.29) is 12.4 Å². The van der Waals surface area contributed by atoms with Crippen LogP contribution in [-0.4, -0.2) is 24.8 Å². The molecule has 3 aliphatic rings. The molecule has 1 aromatic rings. The number of allylic oxidation sites excluding steroid dienone is 3. The Morgan fingerprint density at radius 3 is 2.91 bits per heavy atom. The smallest absolute Gasteiger partial charge is 0.157 e. The Hall–Kier alpha value is -1.71. The van der Waals surface area contributed by atoms with Gasteiger partial charge in [-0.15, -0.1) is 0 Å². The number of fused-ring (bicyclic) bond motifs is 1. The van der Waals surface area contributed by atoms with E-state index in [0.29, 0.717) is 23.5 Å². The van der Waals surface area contributed by atoms with E-state index < -0.39 is 0 Å². The van der Waals surface area contributed by atoms with Gasteiger partial charge in [0.25, 0.3) is 0 Å². The number of aryl methyl sites for hydroxylation is 2. The third-order valence-electron chi connectivity index (χ3n) is 7.71.